The van der Waals surface area contributed by atoms with Crippen LogP contribution < -0.4 is 4.74 Å². The van der Waals surface area contributed by atoms with Crippen molar-refractivity contribution in [3.8, 4) is 5.75 Å². The van der Waals surface area contributed by atoms with Crippen LogP contribution in [-0.2, 0) is 11.0 Å². The summed E-state index contributed by atoms with van der Waals surface area (Å²) in [6.07, 6.45) is -5.45. The number of alkyl halides is 3. The molecule has 0 heterocycles. The van der Waals surface area contributed by atoms with E-state index in [0.29, 0.717) is 10.6 Å². The predicted molar refractivity (Wildman–Crippen MR) is 88.3 cm³/mol. The zero-order valence-electron chi connectivity index (χ0n) is 13.5. The number of halogens is 4. The minimum absolute atomic E-state index is 0.0232. The molecule has 2 rings (SSSR count). The largest absolute Gasteiger partial charge is 0.478 e. The summed E-state index contributed by atoms with van der Waals surface area (Å²) in [5, 5.41) is 0.491. The van der Waals surface area contributed by atoms with Gasteiger partial charge in [0.2, 0.25) is 0 Å². The maximum absolute atomic E-state index is 12.7. The van der Waals surface area contributed by atoms with Gasteiger partial charge in [0, 0.05) is 5.02 Å². The average Bonchev–Trinajstić information content (AvgIpc) is 2.55. The predicted octanol–water partition coefficient (Wildman–Crippen LogP) is 6.09. The van der Waals surface area contributed by atoms with E-state index in [9.17, 15) is 18.0 Å². The van der Waals surface area contributed by atoms with Crippen LogP contribution in [0.4, 0.5) is 13.2 Å². The lowest BCUT2D eigenvalue weighted by Crippen LogP contribution is -2.16. The summed E-state index contributed by atoms with van der Waals surface area (Å²) < 4.78 is 43.5. The molecule has 6 heteroatoms. The number of carbonyl (C=O) groups excluding carboxylic acids is 1. The van der Waals surface area contributed by atoms with Crippen LogP contribution in [0.2, 0.25) is 5.02 Å². The highest BCUT2D eigenvalue weighted by Gasteiger charge is 2.31. The Balaban J connectivity index is 0.00000139. The monoisotopic (exact) mass is 358 g/mol. The number of benzene rings is 2. The zero-order valence-corrected chi connectivity index (χ0v) is 14.3. The van der Waals surface area contributed by atoms with Crippen molar-refractivity contribution in [2.45, 2.75) is 33.1 Å². The second-order valence-corrected chi connectivity index (χ2v) is 5.12. The van der Waals surface area contributed by atoms with Gasteiger partial charge in [-0.3, -0.25) is 4.79 Å². The molecule has 0 aliphatic rings. The number of ether oxygens (including phenoxy) is 1. The fourth-order valence-corrected chi connectivity index (χ4v) is 2.03. The lowest BCUT2D eigenvalue weighted by Gasteiger charge is -2.18. The van der Waals surface area contributed by atoms with Gasteiger partial charge in [0.05, 0.1) is 5.56 Å². The molecular formula is C18H18ClF3O2. The smallest absolute Gasteiger partial charge is 0.416 e. The van der Waals surface area contributed by atoms with E-state index in [4.69, 9.17) is 16.3 Å². The summed E-state index contributed by atoms with van der Waals surface area (Å²) in [6, 6.07) is 10.8. The van der Waals surface area contributed by atoms with Crippen molar-refractivity contribution in [3.05, 3.63) is 64.7 Å². The van der Waals surface area contributed by atoms with E-state index in [1.54, 1.807) is 24.3 Å². The Morgan fingerprint density at radius 2 is 1.67 bits per heavy atom. The summed E-state index contributed by atoms with van der Waals surface area (Å²) in [5.41, 5.74) is -0.308. The number of Topliss-reactive ketones (excluding diaryl/α,β-unsaturated/α-hetero) is 1. The first-order valence-electron chi connectivity index (χ1n) is 7.37. The maximum Gasteiger partial charge on any atom is 0.416 e. The summed E-state index contributed by atoms with van der Waals surface area (Å²) >= 11 is 5.78. The third-order valence-corrected chi connectivity index (χ3v) is 3.21. The summed E-state index contributed by atoms with van der Waals surface area (Å²) in [7, 11) is 0. The van der Waals surface area contributed by atoms with Crippen molar-refractivity contribution in [2.24, 2.45) is 0 Å². The minimum atomic E-state index is -4.47. The quantitative estimate of drug-likeness (QED) is 0.660. The molecule has 0 bridgehead atoms. The number of carbonyl (C=O) groups is 1. The van der Waals surface area contributed by atoms with Gasteiger partial charge in [-0.25, -0.2) is 0 Å². The molecule has 0 spiro atoms. The standard InChI is InChI=1S/C16H12ClF3O2.C2H6/c1-10(21)15(11-5-7-13(17)8-6-11)22-14-4-2-3-12(9-14)16(18,19)20;1-2/h2-9,15H,1H3;1-2H3/t15-;/m0./s1. The van der Waals surface area contributed by atoms with Gasteiger partial charge in [0.1, 0.15) is 5.75 Å². The molecule has 0 saturated carbocycles. The van der Waals surface area contributed by atoms with Crippen molar-refractivity contribution in [1.29, 1.82) is 0 Å². The van der Waals surface area contributed by atoms with E-state index in [1.165, 1.54) is 19.1 Å². The van der Waals surface area contributed by atoms with Crippen LogP contribution in [0.25, 0.3) is 0 Å². The molecule has 0 saturated heterocycles. The van der Waals surface area contributed by atoms with E-state index >= 15 is 0 Å². The summed E-state index contributed by atoms with van der Waals surface area (Å²) in [5.74, 6) is -0.343. The Morgan fingerprint density at radius 3 is 2.17 bits per heavy atom. The Bertz CT molecular complexity index is 667. The third kappa shape index (κ3) is 5.57. The van der Waals surface area contributed by atoms with E-state index in [0.717, 1.165) is 12.1 Å². The first-order chi connectivity index (χ1) is 11.3. The van der Waals surface area contributed by atoms with E-state index in [-0.39, 0.29) is 11.5 Å². The average molecular weight is 359 g/mol. The van der Waals surface area contributed by atoms with Gasteiger partial charge in [-0.05, 0) is 42.8 Å². The number of hydrogen-bond acceptors (Lipinski definition) is 2. The van der Waals surface area contributed by atoms with Crippen LogP contribution in [0.15, 0.2) is 48.5 Å². The molecule has 2 nitrogen and oxygen atoms in total. The van der Waals surface area contributed by atoms with Crippen LogP contribution in [0.5, 0.6) is 5.75 Å². The van der Waals surface area contributed by atoms with Gasteiger partial charge in [0.15, 0.2) is 11.9 Å². The van der Waals surface area contributed by atoms with Crippen molar-refractivity contribution < 1.29 is 22.7 Å². The lowest BCUT2D eigenvalue weighted by molar-refractivity contribution is -0.137. The highest BCUT2D eigenvalue weighted by molar-refractivity contribution is 6.30. The minimum Gasteiger partial charge on any atom is -0.478 e. The molecule has 0 aliphatic carbocycles. The third-order valence-electron chi connectivity index (χ3n) is 2.96. The fraction of sp³-hybridized carbons (Fsp3) is 0.278. The van der Waals surface area contributed by atoms with E-state index in [1.807, 2.05) is 13.8 Å². The van der Waals surface area contributed by atoms with Crippen molar-refractivity contribution in [3.63, 3.8) is 0 Å². The van der Waals surface area contributed by atoms with Gasteiger partial charge in [-0.2, -0.15) is 13.2 Å². The molecule has 24 heavy (non-hydrogen) atoms. The summed E-state index contributed by atoms with van der Waals surface area (Å²) in [6.45, 7) is 5.31. The highest BCUT2D eigenvalue weighted by atomic mass is 35.5. The second kappa shape index (κ2) is 8.73. The van der Waals surface area contributed by atoms with Gasteiger partial charge in [-0.1, -0.05) is 43.6 Å². The highest BCUT2D eigenvalue weighted by Crippen LogP contribution is 2.32. The molecule has 0 N–H and O–H groups in total. The van der Waals surface area contributed by atoms with Crippen LogP contribution >= 0.6 is 11.6 Å². The molecule has 1 atom stereocenters. The van der Waals surface area contributed by atoms with Crippen molar-refractivity contribution in [1.82, 2.24) is 0 Å². The first kappa shape index (κ1) is 20.0. The van der Waals surface area contributed by atoms with Gasteiger partial charge in [0.25, 0.3) is 0 Å². The topological polar surface area (TPSA) is 26.3 Å². The molecule has 130 valence electrons. The number of hydrogen-bond donors (Lipinski definition) is 0. The van der Waals surface area contributed by atoms with Gasteiger partial charge >= 0.3 is 6.18 Å². The molecule has 2 aromatic carbocycles. The van der Waals surface area contributed by atoms with Crippen LogP contribution in [0, 0.1) is 0 Å². The van der Waals surface area contributed by atoms with E-state index in [2.05, 4.69) is 0 Å². The van der Waals surface area contributed by atoms with Crippen LogP contribution in [0.1, 0.15) is 38.0 Å². The Morgan fingerprint density at radius 1 is 1.08 bits per heavy atom. The Hall–Kier alpha value is -2.01. The molecule has 0 aromatic heterocycles. The molecular weight excluding hydrogens is 341 g/mol. The molecule has 0 amide bonds. The lowest BCUT2D eigenvalue weighted by atomic mass is 10.1. The van der Waals surface area contributed by atoms with Gasteiger partial charge in [-0.15, -0.1) is 0 Å². The Labute approximate surface area is 144 Å². The zero-order chi connectivity index (χ0) is 18.3. The second-order valence-electron chi connectivity index (χ2n) is 4.69. The molecule has 0 aliphatic heterocycles. The molecule has 0 radical (unpaired) electrons. The summed E-state index contributed by atoms with van der Waals surface area (Å²) in [4.78, 5) is 11.7. The SMILES string of the molecule is CC.CC(=O)[C@H](Oc1cccc(C(F)(F)F)c1)c1ccc(Cl)cc1. The molecule has 0 fully saturated rings. The molecule has 0 unspecified atom stereocenters. The van der Waals surface area contributed by atoms with Crippen molar-refractivity contribution >= 4 is 17.4 Å². The fourth-order valence-electron chi connectivity index (χ4n) is 1.91. The number of rotatable bonds is 4. The first-order valence-corrected chi connectivity index (χ1v) is 7.75. The Kier molecular flexibility index (Phi) is 7.29. The number of ketones is 1. The van der Waals surface area contributed by atoms with Gasteiger partial charge < -0.3 is 4.74 Å². The van der Waals surface area contributed by atoms with Crippen LogP contribution in [-0.4, -0.2) is 5.78 Å². The van der Waals surface area contributed by atoms with Crippen molar-refractivity contribution in [2.75, 3.05) is 0 Å². The van der Waals surface area contributed by atoms with E-state index < -0.39 is 17.8 Å². The molecule has 2 aromatic rings. The normalized spacial score (nSPS) is 12.0. The maximum atomic E-state index is 12.7. The van der Waals surface area contributed by atoms with Crippen LogP contribution in [0.3, 0.4) is 0 Å².